The van der Waals surface area contributed by atoms with Crippen LogP contribution in [-0.2, 0) is 13.9 Å². The van der Waals surface area contributed by atoms with E-state index in [-0.39, 0.29) is 19.2 Å². The molecule has 1 aliphatic rings. The van der Waals surface area contributed by atoms with Crippen molar-refractivity contribution in [3.05, 3.63) is 0 Å². The van der Waals surface area contributed by atoms with E-state index in [2.05, 4.69) is 9.84 Å². The van der Waals surface area contributed by atoms with Gasteiger partial charge in [0, 0.05) is 6.54 Å². The van der Waals surface area contributed by atoms with Crippen LogP contribution in [0.3, 0.4) is 0 Å². The normalized spacial score (nSPS) is 20.1. The van der Waals surface area contributed by atoms with Crippen LogP contribution in [0.15, 0.2) is 0 Å². The first-order valence-electron chi connectivity index (χ1n) is 4.73. The SMILES string of the molecule is NCCOP(=O)(O)O.O=C(O)[C@@H]1CCCN1. The van der Waals surface area contributed by atoms with Gasteiger partial charge in [0.2, 0.25) is 0 Å². The fraction of sp³-hybridized carbons (Fsp3) is 0.857. The summed E-state index contributed by atoms with van der Waals surface area (Å²) >= 11 is 0. The van der Waals surface area contributed by atoms with E-state index in [0.29, 0.717) is 0 Å². The molecule has 1 fully saturated rings. The lowest BCUT2D eigenvalue weighted by atomic mass is 10.2. The third-order valence-corrected chi connectivity index (χ3v) is 2.25. The van der Waals surface area contributed by atoms with Crippen molar-refractivity contribution in [1.29, 1.82) is 0 Å². The van der Waals surface area contributed by atoms with Crippen molar-refractivity contribution in [2.24, 2.45) is 5.73 Å². The van der Waals surface area contributed by atoms with Crippen molar-refractivity contribution in [3.8, 4) is 0 Å². The highest BCUT2D eigenvalue weighted by Gasteiger charge is 2.20. The summed E-state index contributed by atoms with van der Waals surface area (Å²) < 4.78 is 13.7. The minimum atomic E-state index is -4.26. The molecule has 1 rings (SSSR count). The number of carbonyl (C=O) groups is 1. The lowest BCUT2D eigenvalue weighted by Gasteiger charge is -2.00. The molecule has 8 nitrogen and oxygen atoms in total. The van der Waals surface area contributed by atoms with Gasteiger partial charge < -0.3 is 25.9 Å². The second-order valence-corrected chi connectivity index (χ2v) is 4.34. The molecular weight excluding hydrogens is 239 g/mol. The Morgan fingerprint density at radius 2 is 2.19 bits per heavy atom. The van der Waals surface area contributed by atoms with E-state index in [4.69, 9.17) is 20.6 Å². The molecule has 0 aromatic carbocycles. The average Bonchev–Trinajstić information content (AvgIpc) is 2.67. The molecule has 6 N–H and O–H groups in total. The zero-order valence-corrected chi connectivity index (χ0v) is 9.60. The molecule has 0 unspecified atom stereocenters. The Labute approximate surface area is 93.0 Å². The number of nitrogens with two attached hydrogens (primary N) is 1. The molecular formula is C7H17N2O6P. The Bertz CT molecular complexity index is 249. The van der Waals surface area contributed by atoms with E-state index in [9.17, 15) is 9.36 Å². The van der Waals surface area contributed by atoms with Crippen LogP contribution in [0.5, 0.6) is 0 Å². The first-order chi connectivity index (χ1) is 7.37. The van der Waals surface area contributed by atoms with Gasteiger partial charge >= 0.3 is 13.8 Å². The summed E-state index contributed by atoms with van der Waals surface area (Å²) in [5.41, 5.74) is 4.87. The Morgan fingerprint density at radius 1 is 1.56 bits per heavy atom. The lowest BCUT2D eigenvalue weighted by Crippen LogP contribution is -2.29. The Hall–Kier alpha value is -0.500. The summed E-state index contributed by atoms with van der Waals surface area (Å²) in [6.07, 6.45) is 1.78. The van der Waals surface area contributed by atoms with Gasteiger partial charge in [-0.05, 0) is 19.4 Å². The molecule has 0 saturated carbocycles. The van der Waals surface area contributed by atoms with Crippen molar-refractivity contribution < 1.29 is 28.8 Å². The molecule has 0 spiro atoms. The maximum Gasteiger partial charge on any atom is 0.469 e. The van der Waals surface area contributed by atoms with Gasteiger partial charge in [-0.15, -0.1) is 0 Å². The summed E-state index contributed by atoms with van der Waals surface area (Å²) in [5.74, 6) is -0.720. The number of rotatable bonds is 4. The number of hydrogen-bond acceptors (Lipinski definition) is 5. The van der Waals surface area contributed by atoms with E-state index in [1.807, 2.05) is 0 Å². The molecule has 1 saturated heterocycles. The van der Waals surface area contributed by atoms with Crippen LogP contribution < -0.4 is 11.1 Å². The minimum absolute atomic E-state index is 0.107. The average molecular weight is 256 g/mol. The van der Waals surface area contributed by atoms with Crippen molar-refractivity contribution in [3.63, 3.8) is 0 Å². The highest BCUT2D eigenvalue weighted by molar-refractivity contribution is 7.46. The quantitative estimate of drug-likeness (QED) is 0.398. The molecule has 0 amide bonds. The summed E-state index contributed by atoms with van der Waals surface area (Å²) in [6.45, 7) is 0.867. The third-order valence-electron chi connectivity index (χ3n) is 1.74. The first kappa shape index (κ1) is 15.5. The zero-order chi connectivity index (χ0) is 12.6. The number of hydrogen-bond donors (Lipinski definition) is 5. The summed E-state index contributed by atoms with van der Waals surface area (Å²) in [6, 6.07) is -0.269. The molecule has 0 aliphatic carbocycles. The van der Waals surface area contributed by atoms with Crippen LogP contribution in [-0.4, -0.2) is 46.6 Å². The Morgan fingerprint density at radius 3 is 2.38 bits per heavy atom. The molecule has 0 aromatic heterocycles. The molecule has 0 bridgehead atoms. The first-order valence-corrected chi connectivity index (χ1v) is 6.26. The Kier molecular flexibility index (Phi) is 7.48. The van der Waals surface area contributed by atoms with Crippen LogP contribution >= 0.6 is 7.82 Å². The number of phosphoric ester groups is 1. The second kappa shape index (κ2) is 7.72. The van der Waals surface area contributed by atoms with Crippen molar-refractivity contribution in [1.82, 2.24) is 5.32 Å². The van der Waals surface area contributed by atoms with Crippen molar-refractivity contribution in [2.45, 2.75) is 18.9 Å². The molecule has 0 radical (unpaired) electrons. The second-order valence-electron chi connectivity index (χ2n) is 3.10. The predicted molar refractivity (Wildman–Crippen MR) is 55.7 cm³/mol. The third kappa shape index (κ3) is 8.78. The van der Waals surface area contributed by atoms with Crippen molar-refractivity contribution >= 4 is 13.8 Å². The molecule has 1 atom stereocenters. The molecule has 0 aromatic rings. The number of carboxylic acid groups (broad SMARTS) is 1. The fourth-order valence-electron chi connectivity index (χ4n) is 1.07. The maximum absolute atomic E-state index is 10.1. The molecule has 9 heteroatoms. The van der Waals surface area contributed by atoms with Gasteiger partial charge in [0.25, 0.3) is 0 Å². The molecule has 96 valence electrons. The van der Waals surface area contributed by atoms with Gasteiger partial charge in [0.15, 0.2) is 0 Å². The molecule has 1 heterocycles. The predicted octanol–water partition coefficient (Wildman–Crippen LogP) is -1.12. The van der Waals surface area contributed by atoms with Crippen LogP contribution in [0.1, 0.15) is 12.8 Å². The van der Waals surface area contributed by atoms with E-state index in [0.717, 1.165) is 19.4 Å². The lowest BCUT2D eigenvalue weighted by molar-refractivity contribution is -0.139. The van der Waals surface area contributed by atoms with Gasteiger partial charge in [-0.3, -0.25) is 9.32 Å². The van der Waals surface area contributed by atoms with Crippen LogP contribution in [0.4, 0.5) is 0 Å². The number of nitrogens with one attached hydrogen (secondary N) is 1. The van der Waals surface area contributed by atoms with Gasteiger partial charge in [-0.2, -0.15) is 0 Å². The smallest absolute Gasteiger partial charge is 0.469 e. The highest BCUT2D eigenvalue weighted by atomic mass is 31.2. The minimum Gasteiger partial charge on any atom is -0.480 e. The molecule has 1 aliphatic heterocycles. The van der Waals surface area contributed by atoms with E-state index in [1.165, 1.54) is 0 Å². The standard InChI is InChI=1S/C5H9NO2.C2H8NO4P/c7-5(8)4-2-1-3-6-4;3-1-2-7-8(4,5)6/h4,6H,1-3H2,(H,7,8);1-3H2,(H2,4,5,6)/t4-;/m0./s1. The zero-order valence-electron chi connectivity index (χ0n) is 8.70. The largest absolute Gasteiger partial charge is 0.480 e. The summed E-state index contributed by atoms with van der Waals surface area (Å²) in [5, 5.41) is 11.2. The van der Waals surface area contributed by atoms with Gasteiger partial charge in [0.05, 0.1) is 6.61 Å². The van der Waals surface area contributed by atoms with Gasteiger partial charge in [-0.25, -0.2) is 4.57 Å². The monoisotopic (exact) mass is 256 g/mol. The molecule has 16 heavy (non-hydrogen) atoms. The highest BCUT2D eigenvalue weighted by Crippen LogP contribution is 2.34. The van der Waals surface area contributed by atoms with Crippen molar-refractivity contribution in [2.75, 3.05) is 19.7 Å². The van der Waals surface area contributed by atoms with Crippen LogP contribution in [0, 0.1) is 0 Å². The summed E-state index contributed by atoms with van der Waals surface area (Å²) in [4.78, 5) is 26.1. The van der Waals surface area contributed by atoms with E-state index < -0.39 is 13.8 Å². The topological polar surface area (TPSA) is 142 Å². The van der Waals surface area contributed by atoms with Crippen LogP contribution in [0.25, 0.3) is 0 Å². The van der Waals surface area contributed by atoms with Gasteiger partial charge in [-0.1, -0.05) is 0 Å². The number of carboxylic acids is 1. The summed E-state index contributed by atoms with van der Waals surface area (Å²) in [7, 11) is -4.26. The number of phosphoric acid groups is 1. The van der Waals surface area contributed by atoms with Gasteiger partial charge in [0.1, 0.15) is 6.04 Å². The van der Waals surface area contributed by atoms with E-state index in [1.54, 1.807) is 0 Å². The fourth-order valence-corrected chi connectivity index (χ4v) is 1.41. The van der Waals surface area contributed by atoms with E-state index >= 15 is 0 Å². The Balaban J connectivity index is 0.000000281. The maximum atomic E-state index is 10.1. The number of aliphatic carboxylic acids is 1. The van der Waals surface area contributed by atoms with Crippen LogP contribution in [0.2, 0.25) is 0 Å².